The van der Waals surface area contributed by atoms with Crippen molar-refractivity contribution in [2.45, 2.75) is 51.0 Å². The zero-order chi connectivity index (χ0) is 15.1. The molecule has 1 aromatic rings. The summed E-state index contributed by atoms with van der Waals surface area (Å²) in [4.78, 5) is 11.7. The lowest BCUT2D eigenvalue weighted by atomic mass is 9.77. The molecule has 1 aliphatic rings. The van der Waals surface area contributed by atoms with E-state index < -0.39 is 18.2 Å². The van der Waals surface area contributed by atoms with Crippen molar-refractivity contribution in [2.75, 3.05) is 6.61 Å². The summed E-state index contributed by atoms with van der Waals surface area (Å²) in [5, 5.41) is 9.03. The highest BCUT2D eigenvalue weighted by atomic mass is 16.6. The monoisotopic (exact) mass is 286 g/mol. The summed E-state index contributed by atoms with van der Waals surface area (Å²) in [6.07, 6.45) is 5.58. The maximum Gasteiger partial charge on any atom is 0.332 e. The molecule has 21 heavy (non-hydrogen) atoms. The lowest BCUT2D eigenvalue weighted by molar-refractivity contribution is -0.168. The van der Waals surface area contributed by atoms with Gasteiger partial charge >= 0.3 is 5.97 Å². The number of ether oxygens (including phenoxy) is 1. The highest BCUT2D eigenvalue weighted by molar-refractivity contribution is 5.71. The van der Waals surface area contributed by atoms with E-state index in [0.29, 0.717) is 0 Å². The first-order valence-corrected chi connectivity index (χ1v) is 7.63. The van der Waals surface area contributed by atoms with Gasteiger partial charge in [0.25, 0.3) is 0 Å². The molecule has 0 atom stereocenters. The van der Waals surface area contributed by atoms with Gasteiger partial charge in [-0.25, -0.2) is 4.79 Å². The van der Waals surface area contributed by atoms with E-state index in [4.69, 9.17) is 9.84 Å². The highest BCUT2D eigenvalue weighted by Gasteiger charge is 2.39. The fourth-order valence-electron chi connectivity index (χ4n) is 2.97. The van der Waals surface area contributed by atoms with Crippen LogP contribution in [0.3, 0.4) is 0 Å². The molecule has 0 radical (unpaired) electrons. The number of carbonyl (C=O) groups excluding carboxylic acids is 1. The Labute approximate surface area is 126 Å². The molecule has 1 saturated carbocycles. The van der Waals surface area contributed by atoms with E-state index in [1.807, 2.05) is 31.2 Å². The van der Waals surface area contributed by atoms with Gasteiger partial charge in [-0.15, -0.1) is 0 Å². The van der Waals surface area contributed by atoms with Crippen molar-refractivity contribution in [3.05, 3.63) is 35.4 Å². The van der Waals surface area contributed by atoms with Gasteiger partial charge in [0.1, 0.15) is 12.2 Å². The van der Waals surface area contributed by atoms with Crippen molar-refractivity contribution in [3.8, 4) is 11.8 Å². The number of rotatable bonds is 3. The minimum Gasteiger partial charge on any atom is -0.452 e. The summed E-state index contributed by atoms with van der Waals surface area (Å²) in [5.74, 6) is 5.70. The predicted octanol–water partition coefficient (Wildman–Crippen LogP) is 3.14. The number of aliphatic hydroxyl groups excluding tert-OH is 1. The average molecular weight is 286 g/mol. The van der Waals surface area contributed by atoms with E-state index in [9.17, 15) is 4.79 Å². The Morgan fingerprint density at radius 1 is 1.29 bits per heavy atom. The maximum absolute atomic E-state index is 11.7. The first-order valence-electron chi connectivity index (χ1n) is 7.63. The SMILES string of the molecule is CCC#Cc1ccccc1C1(OC(=O)CO)CCCCC1. The van der Waals surface area contributed by atoms with Crippen LogP contribution >= 0.6 is 0 Å². The van der Waals surface area contributed by atoms with Crippen LogP contribution in [0.4, 0.5) is 0 Å². The maximum atomic E-state index is 11.7. The van der Waals surface area contributed by atoms with Crippen LogP contribution in [0.25, 0.3) is 0 Å². The van der Waals surface area contributed by atoms with Crippen molar-refractivity contribution < 1.29 is 14.6 Å². The van der Waals surface area contributed by atoms with E-state index in [2.05, 4.69) is 11.8 Å². The van der Waals surface area contributed by atoms with E-state index in [1.165, 1.54) is 0 Å². The Bertz CT molecular complexity index is 545. The Balaban J connectivity index is 2.43. The fraction of sp³-hybridized carbons (Fsp3) is 0.500. The molecule has 0 aliphatic heterocycles. The first-order chi connectivity index (χ1) is 10.2. The van der Waals surface area contributed by atoms with Gasteiger partial charge in [-0.3, -0.25) is 0 Å². The molecule has 0 unspecified atom stereocenters. The number of esters is 1. The topological polar surface area (TPSA) is 46.5 Å². The molecule has 0 spiro atoms. The van der Waals surface area contributed by atoms with Crippen LogP contribution in [-0.2, 0) is 15.1 Å². The number of aliphatic hydroxyl groups is 1. The molecule has 1 fully saturated rings. The van der Waals surface area contributed by atoms with E-state index >= 15 is 0 Å². The van der Waals surface area contributed by atoms with E-state index in [0.717, 1.165) is 49.7 Å². The quantitative estimate of drug-likeness (QED) is 0.686. The van der Waals surface area contributed by atoms with Gasteiger partial charge in [-0.1, -0.05) is 43.4 Å². The Morgan fingerprint density at radius 3 is 2.67 bits per heavy atom. The molecule has 0 bridgehead atoms. The summed E-state index contributed by atoms with van der Waals surface area (Å²) in [6, 6.07) is 7.87. The van der Waals surface area contributed by atoms with Crippen LogP contribution in [0.2, 0.25) is 0 Å². The smallest absolute Gasteiger partial charge is 0.332 e. The third-order valence-corrected chi connectivity index (χ3v) is 3.92. The van der Waals surface area contributed by atoms with Gasteiger partial charge in [0.05, 0.1) is 0 Å². The number of hydrogen-bond donors (Lipinski definition) is 1. The molecule has 0 aromatic heterocycles. The molecule has 0 saturated heterocycles. The summed E-state index contributed by atoms with van der Waals surface area (Å²) >= 11 is 0. The van der Waals surface area contributed by atoms with Gasteiger partial charge in [0.15, 0.2) is 0 Å². The van der Waals surface area contributed by atoms with Crippen LogP contribution in [0.5, 0.6) is 0 Å². The predicted molar refractivity (Wildman–Crippen MR) is 81.6 cm³/mol. The van der Waals surface area contributed by atoms with Crippen molar-refractivity contribution in [1.82, 2.24) is 0 Å². The van der Waals surface area contributed by atoms with Gasteiger partial charge in [0, 0.05) is 17.5 Å². The van der Waals surface area contributed by atoms with E-state index in [-0.39, 0.29) is 0 Å². The molecule has 1 aromatic carbocycles. The second kappa shape index (κ2) is 7.28. The Hall–Kier alpha value is -1.79. The molecule has 2 rings (SSSR count). The van der Waals surface area contributed by atoms with Crippen LogP contribution in [0, 0.1) is 11.8 Å². The molecule has 0 heterocycles. The van der Waals surface area contributed by atoms with Crippen molar-refractivity contribution in [3.63, 3.8) is 0 Å². The molecule has 0 amide bonds. The second-order valence-corrected chi connectivity index (χ2v) is 5.39. The minimum atomic E-state index is -0.628. The fourth-order valence-corrected chi connectivity index (χ4v) is 2.97. The molecule has 3 heteroatoms. The summed E-state index contributed by atoms with van der Waals surface area (Å²) in [7, 11) is 0. The molecule has 3 nitrogen and oxygen atoms in total. The lowest BCUT2D eigenvalue weighted by Gasteiger charge is -2.37. The third-order valence-electron chi connectivity index (χ3n) is 3.92. The largest absolute Gasteiger partial charge is 0.452 e. The average Bonchev–Trinajstić information content (AvgIpc) is 2.54. The number of benzene rings is 1. The molecule has 112 valence electrons. The van der Waals surface area contributed by atoms with Crippen LogP contribution < -0.4 is 0 Å². The Morgan fingerprint density at radius 2 is 2.00 bits per heavy atom. The van der Waals surface area contributed by atoms with Crippen molar-refractivity contribution in [2.24, 2.45) is 0 Å². The van der Waals surface area contributed by atoms with Crippen molar-refractivity contribution >= 4 is 5.97 Å². The van der Waals surface area contributed by atoms with Crippen LogP contribution in [0.15, 0.2) is 24.3 Å². The van der Waals surface area contributed by atoms with E-state index in [1.54, 1.807) is 0 Å². The standard InChI is InChI=1S/C18H22O3/c1-2-3-9-15-10-5-6-11-16(15)18(21-17(20)14-19)12-7-4-8-13-18/h5-6,10-11,19H,2,4,7-8,12-14H2,1H3. The molecular weight excluding hydrogens is 264 g/mol. The lowest BCUT2D eigenvalue weighted by Crippen LogP contribution is -2.36. The minimum absolute atomic E-state index is 0.560. The normalized spacial score (nSPS) is 16.7. The highest BCUT2D eigenvalue weighted by Crippen LogP contribution is 2.41. The summed E-state index contributed by atoms with van der Waals surface area (Å²) in [5.41, 5.74) is 1.27. The van der Waals surface area contributed by atoms with Gasteiger partial charge in [-0.2, -0.15) is 0 Å². The van der Waals surface area contributed by atoms with Gasteiger partial charge in [-0.05, 0) is 31.7 Å². The van der Waals surface area contributed by atoms with Gasteiger partial charge < -0.3 is 9.84 Å². The van der Waals surface area contributed by atoms with Gasteiger partial charge in [0.2, 0.25) is 0 Å². The zero-order valence-corrected chi connectivity index (χ0v) is 12.5. The molecule has 1 N–H and O–H groups in total. The third kappa shape index (κ3) is 3.65. The Kier molecular flexibility index (Phi) is 5.41. The van der Waals surface area contributed by atoms with Crippen LogP contribution in [-0.4, -0.2) is 17.7 Å². The second-order valence-electron chi connectivity index (χ2n) is 5.39. The first kappa shape index (κ1) is 15.6. The van der Waals surface area contributed by atoms with Crippen molar-refractivity contribution in [1.29, 1.82) is 0 Å². The molecule has 1 aliphatic carbocycles. The summed E-state index contributed by atoms with van der Waals surface area (Å²) < 4.78 is 5.68. The molecular formula is C18H22O3. The number of hydrogen-bond acceptors (Lipinski definition) is 3. The van der Waals surface area contributed by atoms with Crippen LogP contribution in [0.1, 0.15) is 56.6 Å². The summed E-state index contributed by atoms with van der Waals surface area (Å²) in [6.45, 7) is 1.43. The zero-order valence-electron chi connectivity index (χ0n) is 12.5. The number of carbonyl (C=O) groups is 1.